The van der Waals surface area contributed by atoms with Crippen LogP contribution in [0.1, 0.15) is 25.8 Å². The predicted molar refractivity (Wildman–Crippen MR) is 83.8 cm³/mol. The van der Waals surface area contributed by atoms with Crippen molar-refractivity contribution in [3.63, 3.8) is 0 Å². The summed E-state index contributed by atoms with van der Waals surface area (Å²) in [6.45, 7) is 8.74. The summed E-state index contributed by atoms with van der Waals surface area (Å²) in [6.07, 6.45) is 0.797. The fraction of sp³-hybridized carbons (Fsp3) is 0.600. The number of hydrogen-bond acceptors (Lipinski definition) is 3. The number of aliphatic hydroxyl groups excluding tert-OH is 1. The molecule has 106 valence electrons. The Hall–Kier alpha value is -0.580. The Kier molecular flexibility index (Phi) is 4.54. The molecule has 1 unspecified atom stereocenters. The van der Waals surface area contributed by atoms with E-state index in [2.05, 4.69) is 65.1 Å². The van der Waals surface area contributed by atoms with Crippen molar-refractivity contribution < 1.29 is 5.11 Å². The highest BCUT2D eigenvalue weighted by Gasteiger charge is 2.36. The molecule has 0 saturated carbocycles. The van der Waals surface area contributed by atoms with Crippen LogP contribution in [0, 0.1) is 6.92 Å². The lowest BCUT2D eigenvalue weighted by molar-refractivity contribution is 0.241. The molecular formula is C15H23BrN2O. The average Bonchev–Trinajstić information content (AvgIpc) is 2.33. The summed E-state index contributed by atoms with van der Waals surface area (Å²) in [5, 5.41) is 12.8. The number of nitrogens with one attached hydrogen (secondary N) is 1. The molecule has 1 saturated heterocycles. The number of piperazine rings is 1. The van der Waals surface area contributed by atoms with Crippen LogP contribution in [0.25, 0.3) is 0 Å². The van der Waals surface area contributed by atoms with Crippen molar-refractivity contribution in [2.24, 2.45) is 0 Å². The third kappa shape index (κ3) is 3.12. The van der Waals surface area contributed by atoms with E-state index in [0.29, 0.717) is 6.04 Å². The van der Waals surface area contributed by atoms with Gasteiger partial charge in [-0.2, -0.15) is 0 Å². The third-order valence-electron chi connectivity index (χ3n) is 3.84. The molecule has 0 radical (unpaired) electrons. The Morgan fingerprint density at radius 2 is 2.21 bits per heavy atom. The summed E-state index contributed by atoms with van der Waals surface area (Å²) >= 11 is 3.56. The zero-order valence-corrected chi connectivity index (χ0v) is 13.5. The summed E-state index contributed by atoms with van der Waals surface area (Å²) in [5.74, 6) is 0. The number of rotatable bonds is 3. The summed E-state index contributed by atoms with van der Waals surface area (Å²) in [6, 6.07) is 6.84. The van der Waals surface area contributed by atoms with E-state index in [9.17, 15) is 5.11 Å². The first kappa shape index (κ1) is 14.8. The first-order chi connectivity index (χ1) is 8.95. The van der Waals surface area contributed by atoms with E-state index in [4.69, 9.17) is 0 Å². The second-order valence-electron chi connectivity index (χ2n) is 5.91. The molecule has 2 rings (SSSR count). The van der Waals surface area contributed by atoms with Crippen molar-refractivity contribution in [2.75, 3.05) is 24.6 Å². The number of halogens is 1. The van der Waals surface area contributed by atoms with Crippen LogP contribution in [0.4, 0.5) is 5.69 Å². The number of benzene rings is 1. The maximum absolute atomic E-state index is 9.29. The molecule has 1 aliphatic heterocycles. The van der Waals surface area contributed by atoms with Crippen LogP contribution < -0.4 is 10.2 Å². The van der Waals surface area contributed by atoms with Crippen LogP contribution in [0.2, 0.25) is 0 Å². The van der Waals surface area contributed by atoms with Crippen LogP contribution in [0.15, 0.2) is 22.7 Å². The Morgan fingerprint density at radius 3 is 2.84 bits per heavy atom. The summed E-state index contributed by atoms with van der Waals surface area (Å²) in [5.41, 5.74) is 2.54. The molecule has 4 heteroatoms. The number of aliphatic hydroxyl groups is 1. The summed E-state index contributed by atoms with van der Waals surface area (Å²) < 4.78 is 1.14. The predicted octanol–water partition coefficient (Wildman–Crippen LogP) is 2.70. The van der Waals surface area contributed by atoms with E-state index in [1.165, 1.54) is 11.3 Å². The lowest BCUT2D eigenvalue weighted by Gasteiger charge is -2.50. The molecule has 1 aliphatic rings. The highest BCUT2D eigenvalue weighted by molar-refractivity contribution is 9.10. The van der Waals surface area contributed by atoms with E-state index in [0.717, 1.165) is 24.0 Å². The highest BCUT2D eigenvalue weighted by atomic mass is 79.9. The van der Waals surface area contributed by atoms with Crippen LogP contribution in [0.5, 0.6) is 0 Å². The fourth-order valence-corrected chi connectivity index (χ4v) is 3.18. The van der Waals surface area contributed by atoms with Gasteiger partial charge in [0.05, 0.1) is 0 Å². The van der Waals surface area contributed by atoms with Crippen LogP contribution in [-0.2, 0) is 0 Å². The van der Waals surface area contributed by atoms with Gasteiger partial charge in [-0.1, -0.05) is 15.9 Å². The smallest absolute Gasteiger partial charge is 0.0473 e. The summed E-state index contributed by atoms with van der Waals surface area (Å²) in [7, 11) is 0. The molecule has 0 aromatic heterocycles. The van der Waals surface area contributed by atoms with Gasteiger partial charge in [-0.25, -0.2) is 0 Å². The lowest BCUT2D eigenvalue weighted by Crippen LogP contribution is -2.63. The Balaban J connectivity index is 2.37. The summed E-state index contributed by atoms with van der Waals surface area (Å²) in [4.78, 5) is 2.46. The fourth-order valence-electron chi connectivity index (χ4n) is 2.93. The minimum Gasteiger partial charge on any atom is -0.396 e. The molecule has 19 heavy (non-hydrogen) atoms. The van der Waals surface area contributed by atoms with Gasteiger partial charge >= 0.3 is 0 Å². The number of nitrogens with zero attached hydrogens (tertiary/aromatic N) is 1. The molecule has 0 amide bonds. The molecule has 1 heterocycles. The van der Waals surface area contributed by atoms with E-state index >= 15 is 0 Å². The topological polar surface area (TPSA) is 35.5 Å². The van der Waals surface area contributed by atoms with Gasteiger partial charge in [0.25, 0.3) is 0 Å². The van der Waals surface area contributed by atoms with Gasteiger partial charge in [0.2, 0.25) is 0 Å². The second kappa shape index (κ2) is 5.81. The minimum atomic E-state index is 0.0539. The highest BCUT2D eigenvalue weighted by Crippen LogP contribution is 2.32. The standard InChI is InChI=1S/C15H23BrN2O/c1-11-8-12(4-5-14(11)16)18-13(6-7-19)9-17-10-15(18,2)3/h4-5,8,13,17,19H,6-7,9-10H2,1-3H3. The minimum absolute atomic E-state index is 0.0539. The number of hydrogen-bond donors (Lipinski definition) is 2. The normalized spacial score (nSPS) is 22.6. The molecule has 1 atom stereocenters. The molecule has 3 nitrogen and oxygen atoms in total. The maximum Gasteiger partial charge on any atom is 0.0473 e. The van der Waals surface area contributed by atoms with Crippen molar-refractivity contribution in [1.29, 1.82) is 0 Å². The van der Waals surface area contributed by atoms with E-state index < -0.39 is 0 Å². The Bertz CT molecular complexity index is 446. The van der Waals surface area contributed by atoms with Gasteiger partial charge < -0.3 is 15.3 Å². The van der Waals surface area contributed by atoms with Crippen molar-refractivity contribution in [3.05, 3.63) is 28.2 Å². The molecule has 0 spiro atoms. The zero-order chi connectivity index (χ0) is 14.0. The average molecular weight is 327 g/mol. The zero-order valence-electron chi connectivity index (χ0n) is 11.9. The van der Waals surface area contributed by atoms with Gasteiger partial charge in [-0.3, -0.25) is 0 Å². The van der Waals surface area contributed by atoms with Crippen LogP contribution >= 0.6 is 15.9 Å². The molecule has 0 aliphatic carbocycles. The van der Waals surface area contributed by atoms with E-state index in [1.54, 1.807) is 0 Å². The monoisotopic (exact) mass is 326 g/mol. The Morgan fingerprint density at radius 1 is 1.47 bits per heavy atom. The van der Waals surface area contributed by atoms with Gasteiger partial charge in [0, 0.05) is 41.4 Å². The molecule has 1 fully saturated rings. The number of aryl methyl sites for hydroxylation is 1. The van der Waals surface area contributed by atoms with Crippen LogP contribution in [-0.4, -0.2) is 36.4 Å². The van der Waals surface area contributed by atoms with Gasteiger partial charge in [-0.15, -0.1) is 0 Å². The first-order valence-electron chi connectivity index (χ1n) is 6.83. The van der Waals surface area contributed by atoms with E-state index in [-0.39, 0.29) is 12.1 Å². The first-order valence-corrected chi connectivity index (χ1v) is 7.62. The molecule has 0 bridgehead atoms. The lowest BCUT2D eigenvalue weighted by atomic mass is 9.93. The number of anilines is 1. The second-order valence-corrected chi connectivity index (χ2v) is 6.77. The third-order valence-corrected chi connectivity index (χ3v) is 4.73. The van der Waals surface area contributed by atoms with Crippen molar-refractivity contribution in [1.82, 2.24) is 5.32 Å². The van der Waals surface area contributed by atoms with Gasteiger partial charge in [-0.05, 0) is 51.0 Å². The SMILES string of the molecule is Cc1cc(N2C(CCO)CNCC2(C)C)ccc1Br. The molecule has 1 aromatic carbocycles. The van der Waals surface area contributed by atoms with Gasteiger partial charge in [0.1, 0.15) is 0 Å². The molecule has 1 aromatic rings. The molecular weight excluding hydrogens is 304 g/mol. The van der Waals surface area contributed by atoms with Crippen molar-refractivity contribution in [3.8, 4) is 0 Å². The van der Waals surface area contributed by atoms with Crippen LogP contribution in [0.3, 0.4) is 0 Å². The van der Waals surface area contributed by atoms with Crippen molar-refractivity contribution >= 4 is 21.6 Å². The van der Waals surface area contributed by atoms with E-state index in [1.807, 2.05) is 0 Å². The van der Waals surface area contributed by atoms with Gasteiger partial charge in [0.15, 0.2) is 0 Å². The quantitative estimate of drug-likeness (QED) is 0.896. The maximum atomic E-state index is 9.29. The largest absolute Gasteiger partial charge is 0.396 e. The van der Waals surface area contributed by atoms with Crippen molar-refractivity contribution in [2.45, 2.75) is 38.8 Å². The Labute approximate surface area is 124 Å². The molecule has 2 N–H and O–H groups in total.